The minimum atomic E-state index is -0.882. The van der Waals surface area contributed by atoms with Crippen molar-refractivity contribution in [2.24, 2.45) is 0 Å². The molecule has 4 rings (SSSR count). The molecule has 0 aromatic heterocycles. The number of nitrogens with zero attached hydrogens (tertiary/aromatic N) is 1. The first kappa shape index (κ1) is 24.1. The van der Waals surface area contributed by atoms with Gasteiger partial charge < -0.3 is 14.9 Å². The highest BCUT2D eigenvalue weighted by atomic mass is 16.5. The Morgan fingerprint density at radius 2 is 1.69 bits per heavy atom. The molecule has 180 valence electrons. The topological polar surface area (TPSA) is 87.1 Å². The molecule has 6 heteroatoms. The maximum absolute atomic E-state index is 13.4. The fourth-order valence-corrected chi connectivity index (χ4v) is 4.41. The zero-order chi connectivity index (χ0) is 25.1. The molecule has 3 aromatic rings. The van der Waals surface area contributed by atoms with E-state index in [1.807, 2.05) is 54.6 Å². The monoisotopic (exact) mass is 471 g/mol. The summed E-state index contributed by atoms with van der Waals surface area (Å²) in [4.78, 5) is 28.1. The summed E-state index contributed by atoms with van der Waals surface area (Å²) in [5.41, 5.74) is 3.18. The maximum atomic E-state index is 13.4. The predicted octanol–water partition coefficient (Wildman–Crippen LogP) is 5.63. The highest BCUT2D eigenvalue weighted by molar-refractivity contribution is 6.16. The highest BCUT2D eigenvalue weighted by Crippen LogP contribution is 2.43. The Morgan fingerprint density at radius 3 is 2.29 bits per heavy atom. The number of amides is 1. The number of carbonyl (C=O) groups is 2. The minimum absolute atomic E-state index is 0.0310. The number of aliphatic hydroxyl groups is 1. The lowest BCUT2D eigenvalue weighted by atomic mass is 9.92. The number of methoxy groups -OCH3 is 1. The van der Waals surface area contributed by atoms with Crippen LogP contribution in [0.15, 0.2) is 84.1 Å². The van der Waals surface area contributed by atoms with Gasteiger partial charge in [-0.1, -0.05) is 62.4 Å². The molecule has 0 radical (unpaired) electrons. The van der Waals surface area contributed by atoms with E-state index >= 15 is 0 Å². The Balaban J connectivity index is 1.75. The summed E-state index contributed by atoms with van der Waals surface area (Å²) < 4.78 is 5.15. The van der Waals surface area contributed by atoms with Gasteiger partial charge in [0, 0.05) is 12.1 Å². The quantitative estimate of drug-likeness (QED) is 0.445. The van der Waals surface area contributed by atoms with Gasteiger partial charge in [0.25, 0.3) is 5.91 Å². The van der Waals surface area contributed by atoms with Gasteiger partial charge in [-0.3, -0.25) is 14.5 Å². The van der Waals surface area contributed by atoms with Crippen LogP contribution in [-0.2, 0) is 16.0 Å². The largest absolute Gasteiger partial charge is 0.504 e. The van der Waals surface area contributed by atoms with Gasteiger partial charge in [0.1, 0.15) is 0 Å². The number of ether oxygens (including phenoxy) is 1. The van der Waals surface area contributed by atoms with Crippen molar-refractivity contribution in [1.29, 1.82) is 0 Å². The van der Waals surface area contributed by atoms with E-state index < -0.39 is 17.7 Å². The van der Waals surface area contributed by atoms with Crippen LogP contribution in [0.2, 0.25) is 0 Å². The second-order valence-corrected chi connectivity index (χ2v) is 8.93. The summed E-state index contributed by atoms with van der Waals surface area (Å²) in [6, 6.07) is 20.9. The summed E-state index contributed by atoms with van der Waals surface area (Å²) in [5, 5.41) is 21.3. The molecule has 1 aliphatic rings. The molecule has 3 aromatic carbocycles. The molecule has 0 spiro atoms. The molecule has 0 saturated heterocycles. The fourth-order valence-electron chi connectivity index (χ4n) is 4.41. The van der Waals surface area contributed by atoms with Crippen LogP contribution >= 0.6 is 0 Å². The van der Waals surface area contributed by atoms with Gasteiger partial charge in [-0.2, -0.15) is 0 Å². The molecule has 1 atom stereocenters. The normalized spacial score (nSPS) is 15.7. The van der Waals surface area contributed by atoms with Crippen LogP contribution in [0.25, 0.3) is 0 Å². The predicted molar refractivity (Wildman–Crippen MR) is 135 cm³/mol. The molecule has 0 saturated carbocycles. The van der Waals surface area contributed by atoms with Crippen molar-refractivity contribution < 1.29 is 24.5 Å². The third kappa shape index (κ3) is 4.78. The second kappa shape index (κ2) is 10.1. The Labute approximate surface area is 205 Å². The van der Waals surface area contributed by atoms with E-state index in [1.54, 1.807) is 12.1 Å². The molecule has 6 nitrogen and oxygen atoms in total. The minimum Gasteiger partial charge on any atom is -0.504 e. The average molecular weight is 472 g/mol. The standard InChI is InChI=1S/C29H29NO5/c1-18(2)20-10-13-22(14-11-20)30-27(21-12-16-25(35-3)24(32)17-21)26(28(33)29(30)34)23(31)15-9-19-7-5-4-6-8-19/h4-8,10-14,16-18,27,32-33H,9,15H2,1-3H3. The van der Waals surface area contributed by atoms with Gasteiger partial charge >= 0.3 is 0 Å². The van der Waals surface area contributed by atoms with Crippen LogP contribution in [0.1, 0.15) is 48.9 Å². The van der Waals surface area contributed by atoms with Crippen molar-refractivity contribution in [2.45, 2.75) is 38.6 Å². The Morgan fingerprint density at radius 1 is 1.00 bits per heavy atom. The molecule has 0 fully saturated rings. The van der Waals surface area contributed by atoms with Gasteiger partial charge in [0.05, 0.1) is 18.7 Å². The second-order valence-electron chi connectivity index (χ2n) is 8.93. The van der Waals surface area contributed by atoms with Crippen molar-refractivity contribution in [3.63, 3.8) is 0 Å². The average Bonchev–Trinajstić information content (AvgIpc) is 3.13. The Hall–Kier alpha value is -4.06. The first-order chi connectivity index (χ1) is 16.8. The number of carbonyl (C=O) groups excluding carboxylic acids is 2. The third-order valence-electron chi connectivity index (χ3n) is 6.35. The van der Waals surface area contributed by atoms with Crippen molar-refractivity contribution in [1.82, 2.24) is 0 Å². The van der Waals surface area contributed by atoms with Crippen molar-refractivity contribution >= 4 is 17.4 Å². The number of aryl methyl sites for hydroxylation is 1. The first-order valence-electron chi connectivity index (χ1n) is 11.6. The molecule has 1 aliphatic heterocycles. The number of aliphatic hydroxyl groups excluding tert-OH is 1. The molecular weight excluding hydrogens is 442 g/mol. The smallest absolute Gasteiger partial charge is 0.294 e. The lowest BCUT2D eigenvalue weighted by molar-refractivity contribution is -0.118. The summed E-state index contributed by atoms with van der Waals surface area (Å²) in [6.07, 6.45) is 0.615. The van der Waals surface area contributed by atoms with Gasteiger partial charge in [-0.05, 0) is 53.3 Å². The van der Waals surface area contributed by atoms with Crippen LogP contribution in [0.5, 0.6) is 11.5 Å². The molecule has 0 bridgehead atoms. The van der Waals surface area contributed by atoms with Gasteiger partial charge in [-0.25, -0.2) is 0 Å². The van der Waals surface area contributed by atoms with Crippen LogP contribution in [-0.4, -0.2) is 29.0 Å². The number of ketones is 1. The zero-order valence-corrected chi connectivity index (χ0v) is 20.1. The number of anilines is 1. The van der Waals surface area contributed by atoms with Crippen molar-refractivity contribution in [3.05, 3.63) is 101 Å². The number of rotatable bonds is 8. The number of hydrogen-bond donors (Lipinski definition) is 2. The van der Waals surface area contributed by atoms with Crippen molar-refractivity contribution in [3.8, 4) is 11.5 Å². The fraction of sp³-hybridized carbons (Fsp3) is 0.241. The molecule has 2 N–H and O–H groups in total. The number of aromatic hydroxyl groups is 1. The van der Waals surface area contributed by atoms with E-state index in [0.29, 0.717) is 23.6 Å². The Kier molecular flexibility index (Phi) is 6.92. The first-order valence-corrected chi connectivity index (χ1v) is 11.6. The van der Waals surface area contributed by atoms with Crippen LogP contribution in [0, 0.1) is 0 Å². The van der Waals surface area contributed by atoms with E-state index in [0.717, 1.165) is 11.1 Å². The maximum Gasteiger partial charge on any atom is 0.294 e. The van der Waals surface area contributed by atoms with Gasteiger partial charge in [-0.15, -0.1) is 0 Å². The highest BCUT2D eigenvalue weighted by Gasteiger charge is 2.44. The summed E-state index contributed by atoms with van der Waals surface area (Å²) in [5.74, 6) is -1.05. The van der Waals surface area contributed by atoms with Crippen LogP contribution < -0.4 is 9.64 Å². The summed E-state index contributed by atoms with van der Waals surface area (Å²) in [7, 11) is 1.45. The molecule has 0 aliphatic carbocycles. The van der Waals surface area contributed by atoms with Gasteiger partial charge in [0.15, 0.2) is 23.0 Å². The number of phenols is 1. The third-order valence-corrected chi connectivity index (χ3v) is 6.35. The lowest BCUT2D eigenvalue weighted by Crippen LogP contribution is -2.31. The molecular formula is C29H29NO5. The van der Waals surface area contributed by atoms with Gasteiger partial charge in [0.2, 0.25) is 0 Å². The van der Waals surface area contributed by atoms with E-state index in [4.69, 9.17) is 4.74 Å². The van der Waals surface area contributed by atoms with E-state index in [2.05, 4.69) is 13.8 Å². The summed E-state index contributed by atoms with van der Waals surface area (Å²) >= 11 is 0. The summed E-state index contributed by atoms with van der Waals surface area (Å²) in [6.45, 7) is 4.16. The molecule has 1 unspecified atom stereocenters. The van der Waals surface area contributed by atoms with Crippen LogP contribution in [0.4, 0.5) is 5.69 Å². The number of Topliss-reactive ketones (excluding diaryl/α,β-unsaturated/α-hetero) is 1. The van der Waals surface area contributed by atoms with E-state index in [-0.39, 0.29) is 29.3 Å². The van der Waals surface area contributed by atoms with Crippen LogP contribution in [0.3, 0.4) is 0 Å². The number of hydrogen-bond acceptors (Lipinski definition) is 5. The van der Waals surface area contributed by atoms with Crippen molar-refractivity contribution in [2.75, 3.05) is 12.0 Å². The number of phenolic OH excluding ortho intramolecular Hbond substituents is 1. The van der Waals surface area contributed by atoms with E-state index in [9.17, 15) is 19.8 Å². The lowest BCUT2D eigenvalue weighted by Gasteiger charge is -2.27. The Bertz CT molecular complexity index is 1260. The zero-order valence-electron chi connectivity index (χ0n) is 20.1. The molecule has 35 heavy (non-hydrogen) atoms. The molecule has 1 heterocycles. The molecule has 1 amide bonds. The number of benzene rings is 3. The van der Waals surface area contributed by atoms with E-state index in [1.165, 1.54) is 18.1 Å². The SMILES string of the molecule is COc1ccc(C2C(C(=O)CCc3ccccc3)=C(O)C(=O)N2c2ccc(C(C)C)cc2)cc1O.